The second-order valence-corrected chi connectivity index (χ2v) is 12.9. The number of fused-ring (bicyclic) bond motifs is 1. The van der Waals surface area contributed by atoms with E-state index in [0.717, 1.165) is 65.3 Å². The molecule has 0 saturated carbocycles. The number of aliphatic imine (C=N–C) groups is 1. The lowest BCUT2D eigenvalue weighted by Gasteiger charge is -2.34. The summed E-state index contributed by atoms with van der Waals surface area (Å²) in [5.74, 6) is -0.0980. The Balaban J connectivity index is 1.17. The third kappa shape index (κ3) is 6.78. The van der Waals surface area contributed by atoms with Crippen LogP contribution in [0.1, 0.15) is 53.6 Å². The average molecular weight is 604 g/mol. The predicted molar refractivity (Wildman–Crippen MR) is 183 cm³/mol. The minimum atomic E-state index is -0.313. The van der Waals surface area contributed by atoms with E-state index >= 15 is 0 Å². The number of hydrogen-bond acceptors (Lipinski definition) is 6. The number of carbonyl (C=O) groups is 1. The molecule has 1 saturated heterocycles. The number of aromatic nitrogens is 3. The molecular weight excluding hydrogens is 562 g/mol. The van der Waals surface area contributed by atoms with Gasteiger partial charge in [-0.25, -0.2) is 0 Å². The van der Waals surface area contributed by atoms with Crippen LogP contribution in [-0.4, -0.2) is 70.1 Å². The van der Waals surface area contributed by atoms with Gasteiger partial charge in [-0.1, -0.05) is 18.2 Å². The second kappa shape index (κ2) is 12.2. The number of hydrogen-bond donors (Lipinski definition) is 3. The fourth-order valence-electron chi connectivity index (χ4n) is 5.80. The number of H-pyrrole nitrogens is 1. The van der Waals surface area contributed by atoms with Gasteiger partial charge in [-0.15, -0.1) is 0 Å². The lowest BCUT2D eigenvalue weighted by Crippen LogP contribution is -2.44. The van der Waals surface area contributed by atoms with Gasteiger partial charge in [0, 0.05) is 54.7 Å². The predicted octanol–water partition coefficient (Wildman–Crippen LogP) is 6.48. The largest absolute Gasteiger partial charge is 0.494 e. The molecule has 3 aromatic carbocycles. The van der Waals surface area contributed by atoms with Crippen molar-refractivity contribution in [3.63, 3.8) is 0 Å². The smallest absolute Gasteiger partial charge is 0.273 e. The quantitative estimate of drug-likeness (QED) is 0.185. The molecule has 0 spiro atoms. The van der Waals surface area contributed by atoms with Crippen molar-refractivity contribution in [2.75, 3.05) is 43.4 Å². The van der Waals surface area contributed by atoms with E-state index in [9.17, 15) is 9.90 Å². The zero-order valence-corrected chi connectivity index (χ0v) is 26.6. The third-order valence-corrected chi connectivity index (χ3v) is 8.24. The number of amides is 1. The van der Waals surface area contributed by atoms with Gasteiger partial charge in [0.05, 0.1) is 22.5 Å². The highest BCUT2D eigenvalue weighted by Gasteiger charge is 2.23. The van der Waals surface area contributed by atoms with Gasteiger partial charge in [-0.05, 0) is 107 Å². The van der Waals surface area contributed by atoms with Crippen molar-refractivity contribution in [2.45, 2.75) is 39.7 Å². The number of aromatic amines is 1. The summed E-state index contributed by atoms with van der Waals surface area (Å²) in [6.45, 7) is 12.2. The van der Waals surface area contributed by atoms with Crippen molar-refractivity contribution < 1.29 is 9.90 Å². The summed E-state index contributed by atoms with van der Waals surface area (Å²) < 4.78 is 1.77. The monoisotopic (exact) mass is 603 g/mol. The first-order valence-electron chi connectivity index (χ1n) is 15.4. The van der Waals surface area contributed by atoms with Crippen LogP contribution in [-0.2, 0) is 12.0 Å². The Labute approximate surface area is 264 Å². The van der Waals surface area contributed by atoms with E-state index < -0.39 is 0 Å². The van der Waals surface area contributed by atoms with Gasteiger partial charge in [-0.2, -0.15) is 5.10 Å². The van der Waals surface area contributed by atoms with Crippen LogP contribution in [0.2, 0.25) is 0 Å². The van der Waals surface area contributed by atoms with Gasteiger partial charge >= 0.3 is 0 Å². The Morgan fingerprint density at radius 2 is 1.73 bits per heavy atom. The van der Waals surface area contributed by atoms with E-state index in [1.807, 2.05) is 82.3 Å². The summed E-state index contributed by atoms with van der Waals surface area (Å²) >= 11 is 0. The van der Waals surface area contributed by atoms with Crippen LogP contribution >= 0.6 is 0 Å². The zero-order valence-electron chi connectivity index (χ0n) is 26.6. The molecule has 9 heteroatoms. The first kappa shape index (κ1) is 30.1. The topological polar surface area (TPSA) is 102 Å². The van der Waals surface area contributed by atoms with Crippen molar-refractivity contribution >= 4 is 40.1 Å². The molecule has 1 aliphatic rings. The number of anilines is 2. The van der Waals surface area contributed by atoms with Crippen molar-refractivity contribution in [3.8, 4) is 5.88 Å². The van der Waals surface area contributed by atoms with Crippen LogP contribution in [0.15, 0.2) is 77.8 Å². The summed E-state index contributed by atoms with van der Waals surface area (Å²) in [4.78, 5) is 25.7. The van der Waals surface area contributed by atoms with Crippen molar-refractivity contribution in [1.29, 1.82) is 0 Å². The molecule has 45 heavy (non-hydrogen) atoms. The fraction of sp³-hybridized carbons (Fsp3) is 0.306. The summed E-state index contributed by atoms with van der Waals surface area (Å²) in [7, 11) is 2.16. The number of rotatable bonds is 7. The summed E-state index contributed by atoms with van der Waals surface area (Å²) in [5, 5.41) is 19.2. The van der Waals surface area contributed by atoms with E-state index in [2.05, 4.69) is 55.4 Å². The van der Waals surface area contributed by atoms with Crippen LogP contribution < -0.4 is 10.2 Å². The van der Waals surface area contributed by atoms with Crippen molar-refractivity contribution in [1.82, 2.24) is 19.7 Å². The number of aromatic hydroxyl groups is 1. The standard InChI is InChI=1S/C36H41N7O2/c1-24-19-33(43(40-24)36(2,3)4)35(45)38-28-8-6-7-25(21-28)20-26-9-14-32-30(22-26)31(34(44)39-32)23-37-27-10-12-29(13-11-27)42-17-15-41(5)16-18-42/h6-14,19,21-23,39,44H,15-18,20H2,1-5H3,(H,38,45). The number of nitrogens with zero attached hydrogens (tertiary/aromatic N) is 5. The normalized spacial score (nSPS) is 14.5. The average Bonchev–Trinajstić information content (AvgIpc) is 3.56. The third-order valence-electron chi connectivity index (χ3n) is 8.24. The molecule has 3 heterocycles. The number of nitrogens with one attached hydrogen (secondary N) is 2. The fourth-order valence-corrected chi connectivity index (χ4v) is 5.80. The Bertz CT molecular complexity index is 1850. The molecule has 0 atom stereocenters. The Hall–Kier alpha value is -4.89. The number of piperazine rings is 1. The minimum Gasteiger partial charge on any atom is -0.494 e. The Kier molecular flexibility index (Phi) is 8.20. The molecule has 1 amide bonds. The number of carbonyl (C=O) groups excluding carboxylic acids is 1. The van der Waals surface area contributed by atoms with Crippen LogP contribution in [0.4, 0.5) is 17.1 Å². The molecule has 0 radical (unpaired) electrons. The van der Waals surface area contributed by atoms with Gasteiger partial charge in [0.1, 0.15) is 5.69 Å². The van der Waals surface area contributed by atoms with Gasteiger partial charge in [-0.3, -0.25) is 14.5 Å². The van der Waals surface area contributed by atoms with Crippen LogP contribution in [0.25, 0.3) is 10.9 Å². The molecule has 6 rings (SSSR count). The first-order chi connectivity index (χ1) is 21.5. The molecule has 232 valence electrons. The highest BCUT2D eigenvalue weighted by atomic mass is 16.3. The molecule has 1 fully saturated rings. The van der Waals surface area contributed by atoms with Crippen LogP contribution in [0.5, 0.6) is 5.88 Å². The first-order valence-corrected chi connectivity index (χ1v) is 15.4. The summed E-state index contributed by atoms with van der Waals surface area (Å²) in [6, 6.07) is 24.1. The molecule has 0 aliphatic carbocycles. The highest BCUT2D eigenvalue weighted by Crippen LogP contribution is 2.29. The summed E-state index contributed by atoms with van der Waals surface area (Å²) in [6.07, 6.45) is 2.39. The number of aryl methyl sites for hydroxylation is 1. The van der Waals surface area contributed by atoms with E-state index in [4.69, 9.17) is 0 Å². The highest BCUT2D eigenvalue weighted by molar-refractivity contribution is 6.04. The van der Waals surface area contributed by atoms with Crippen LogP contribution in [0, 0.1) is 6.92 Å². The Morgan fingerprint density at radius 3 is 2.47 bits per heavy atom. The molecule has 9 nitrogen and oxygen atoms in total. The molecule has 0 unspecified atom stereocenters. The molecule has 2 aromatic heterocycles. The maximum atomic E-state index is 13.2. The number of likely N-dealkylation sites (N-methyl/N-ethyl adjacent to an activating group) is 1. The van der Waals surface area contributed by atoms with Crippen molar-refractivity contribution in [3.05, 3.63) is 101 Å². The molecule has 0 bridgehead atoms. The SMILES string of the molecule is Cc1cc(C(=O)Nc2cccc(Cc3ccc4[nH]c(O)c(C=Nc5ccc(N6CCN(C)CC6)cc5)c4c3)c2)n(C(C)(C)C)n1. The summed E-state index contributed by atoms with van der Waals surface area (Å²) in [5.41, 5.74) is 7.42. The van der Waals surface area contributed by atoms with Crippen molar-refractivity contribution in [2.24, 2.45) is 4.99 Å². The maximum Gasteiger partial charge on any atom is 0.273 e. The van der Waals surface area contributed by atoms with E-state index in [1.54, 1.807) is 10.9 Å². The number of benzene rings is 3. The van der Waals surface area contributed by atoms with Gasteiger partial charge < -0.3 is 25.2 Å². The molecule has 5 aromatic rings. The van der Waals surface area contributed by atoms with Crippen LogP contribution in [0.3, 0.4) is 0 Å². The molecule has 3 N–H and O–H groups in total. The maximum absolute atomic E-state index is 13.2. The Morgan fingerprint density at radius 1 is 1.00 bits per heavy atom. The van der Waals surface area contributed by atoms with E-state index in [1.165, 1.54) is 5.69 Å². The van der Waals surface area contributed by atoms with Gasteiger partial charge in [0.25, 0.3) is 5.91 Å². The van der Waals surface area contributed by atoms with Gasteiger partial charge in [0.2, 0.25) is 0 Å². The molecule has 1 aliphatic heterocycles. The van der Waals surface area contributed by atoms with Gasteiger partial charge in [0.15, 0.2) is 5.88 Å². The van der Waals surface area contributed by atoms with E-state index in [0.29, 0.717) is 17.7 Å². The minimum absolute atomic E-state index is 0.0920. The zero-order chi connectivity index (χ0) is 31.7. The second-order valence-electron chi connectivity index (χ2n) is 12.9. The lowest BCUT2D eigenvalue weighted by atomic mass is 10.0. The molecular formula is C36H41N7O2. The van der Waals surface area contributed by atoms with E-state index in [-0.39, 0.29) is 17.3 Å². The lowest BCUT2D eigenvalue weighted by molar-refractivity contribution is 0.100.